The minimum atomic E-state index is -2.00. The molecule has 6 rings (SSSR count). The number of alkyl halides is 1. The van der Waals surface area contributed by atoms with Crippen LogP contribution in [0.1, 0.15) is 90.8 Å². The van der Waals surface area contributed by atoms with Gasteiger partial charge in [0.25, 0.3) is 5.91 Å². The van der Waals surface area contributed by atoms with Gasteiger partial charge in [0, 0.05) is 30.3 Å². The number of benzene rings is 2. The van der Waals surface area contributed by atoms with Crippen LogP contribution in [0.25, 0.3) is 10.4 Å². The number of methoxy groups -OCH3 is 1. The molecule has 2 aliphatic carbocycles. The Labute approximate surface area is 366 Å². The minimum absolute atomic E-state index is 0.0551. The van der Waals surface area contributed by atoms with Gasteiger partial charge in [0.1, 0.15) is 29.2 Å². The van der Waals surface area contributed by atoms with Crippen LogP contribution in [0, 0.1) is 18.8 Å². The number of ether oxygens (including phenoxy) is 3. The summed E-state index contributed by atoms with van der Waals surface area (Å²) >= 11 is 3.13. The van der Waals surface area contributed by atoms with Gasteiger partial charge in [-0.1, -0.05) is 24.3 Å². The van der Waals surface area contributed by atoms with E-state index in [1.807, 2.05) is 45.0 Å². The van der Waals surface area contributed by atoms with Crippen molar-refractivity contribution in [2.45, 2.75) is 127 Å². The molecule has 4 amide bonds. The summed E-state index contributed by atoms with van der Waals surface area (Å²) in [6.07, 6.45) is 2.55. The highest BCUT2D eigenvalue weighted by atomic mass is 32.2. The van der Waals surface area contributed by atoms with Crippen LogP contribution in [-0.2, 0) is 25.7 Å². The molecule has 1 aromatic heterocycles. The third-order valence-electron chi connectivity index (χ3n) is 11.6. The van der Waals surface area contributed by atoms with Crippen molar-refractivity contribution in [2.75, 3.05) is 31.3 Å². The highest BCUT2D eigenvalue weighted by Crippen LogP contribution is 2.42. The highest BCUT2D eigenvalue weighted by Gasteiger charge is 2.54. The van der Waals surface area contributed by atoms with E-state index in [4.69, 9.17) is 14.2 Å². The van der Waals surface area contributed by atoms with Crippen LogP contribution in [-0.4, -0.2) is 99.0 Å². The second-order valence-corrected chi connectivity index (χ2v) is 20.6. The molecule has 4 N–H and O–H groups in total. The Bertz CT molecular complexity index is 2030. The monoisotopic (exact) mass is 881 g/mol. The zero-order chi connectivity index (χ0) is 44.1. The van der Waals surface area contributed by atoms with Crippen LogP contribution in [0.3, 0.4) is 0 Å². The summed E-state index contributed by atoms with van der Waals surface area (Å²) in [4.78, 5) is 60.3. The van der Waals surface area contributed by atoms with Crippen LogP contribution in [0.15, 0.2) is 48.0 Å². The standard InChI is InChI=1S/C45H60FN5O8S2/c1-27-37(60-26-48-27)31-14-12-28(13-15-31)22-47-39(53)35-20-32(52)23-51(35)40(54)38(50-41(55)45(46)18-19-45)44(5,6)61-25-30-10-8-29(9-11-30)24-58-33-16-17-34(36(21-33)57-7)49-42(56)59-43(2,3)4/h12-17,21,26,29-30,32,35,38,52H,8-11,18-20,22-25H2,1-7H3,(H,47,53)(H,49,56)(H,50,55)/t29?,30?,32-,35+,38+/m1/s1. The van der Waals surface area contributed by atoms with E-state index in [0.717, 1.165) is 53.1 Å². The molecule has 3 aliphatic rings. The zero-order valence-corrected chi connectivity index (χ0v) is 37.8. The number of thioether (sulfide) groups is 1. The summed E-state index contributed by atoms with van der Waals surface area (Å²) < 4.78 is 31.2. The van der Waals surface area contributed by atoms with E-state index in [0.29, 0.717) is 35.6 Å². The van der Waals surface area contributed by atoms with Crippen LogP contribution >= 0.6 is 23.1 Å². The van der Waals surface area contributed by atoms with Gasteiger partial charge in [-0.3, -0.25) is 19.7 Å². The lowest BCUT2D eigenvalue weighted by atomic mass is 9.83. The number of anilines is 1. The molecular formula is C45H60FN5O8S2. The number of amides is 4. The molecule has 3 fully saturated rings. The van der Waals surface area contributed by atoms with Crippen LogP contribution in [0.5, 0.6) is 11.5 Å². The molecule has 2 saturated carbocycles. The summed E-state index contributed by atoms with van der Waals surface area (Å²) in [5.41, 5.74) is 2.51. The average Bonchev–Trinajstić information content (AvgIpc) is 3.63. The molecule has 61 heavy (non-hydrogen) atoms. The maximum Gasteiger partial charge on any atom is 0.412 e. The number of thiazole rings is 1. The summed E-state index contributed by atoms with van der Waals surface area (Å²) in [5, 5.41) is 19.1. The third-order valence-corrected chi connectivity index (χ3v) is 14.2. The molecule has 13 nitrogen and oxygen atoms in total. The molecular weight excluding hydrogens is 822 g/mol. The number of aryl methyl sites for hydroxylation is 1. The Hall–Kier alpha value is -4.41. The normalized spacial score (nSPS) is 21.6. The number of nitrogens with one attached hydrogen (secondary N) is 3. The number of hydrogen-bond donors (Lipinski definition) is 4. The van der Waals surface area contributed by atoms with Crippen molar-refractivity contribution < 1.29 is 42.9 Å². The molecule has 0 unspecified atom stereocenters. The number of aromatic nitrogens is 1. The summed E-state index contributed by atoms with van der Waals surface area (Å²) in [7, 11) is 1.53. The van der Waals surface area contributed by atoms with Crippen molar-refractivity contribution in [3.63, 3.8) is 0 Å². The first-order valence-corrected chi connectivity index (χ1v) is 22.9. The first kappa shape index (κ1) is 46.1. The van der Waals surface area contributed by atoms with Gasteiger partial charge in [-0.25, -0.2) is 14.2 Å². The SMILES string of the molecule is COc1cc(OCC2CCC(CSC(C)(C)[C@@H](NC(=O)C3(F)CC3)C(=O)N3C[C@H](O)C[C@H]3C(=O)NCc3ccc(-c4scnc4C)cc3)CC2)ccc1NC(=O)OC(C)(C)C. The Balaban J connectivity index is 1.02. The van der Waals surface area contributed by atoms with Gasteiger partial charge < -0.3 is 34.9 Å². The fraction of sp³-hybridized carbons (Fsp3) is 0.578. The van der Waals surface area contributed by atoms with Gasteiger partial charge in [-0.15, -0.1) is 11.3 Å². The minimum Gasteiger partial charge on any atom is -0.494 e. The van der Waals surface area contributed by atoms with Gasteiger partial charge >= 0.3 is 6.09 Å². The lowest BCUT2D eigenvalue weighted by Crippen LogP contribution is -2.61. The number of nitrogens with zero attached hydrogens (tertiary/aromatic N) is 2. The quantitative estimate of drug-likeness (QED) is 0.114. The molecule has 2 aromatic carbocycles. The number of aliphatic hydroxyl groups is 1. The van der Waals surface area contributed by atoms with Crippen LogP contribution in [0.2, 0.25) is 0 Å². The van der Waals surface area contributed by atoms with E-state index < -0.39 is 58.0 Å². The van der Waals surface area contributed by atoms with E-state index in [-0.39, 0.29) is 32.4 Å². The van der Waals surface area contributed by atoms with Crippen molar-refractivity contribution >= 4 is 52.6 Å². The first-order valence-electron chi connectivity index (χ1n) is 21.0. The van der Waals surface area contributed by atoms with Crippen molar-refractivity contribution in [3.05, 3.63) is 59.2 Å². The summed E-state index contributed by atoms with van der Waals surface area (Å²) in [5.74, 6) is 0.767. The number of hydrogen-bond acceptors (Lipinski definition) is 11. The van der Waals surface area contributed by atoms with Gasteiger partial charge in [0.15, 0.2) is 5.67 Å². The molecule has 16 heteroatoms. The Morgan fingerprint density at radius 2 is 1.72 bits per heavy atom. The average molecular weight is 882 g/mol. The maximum atomic E-state index is 15.1. The number of β-amino-alcohol motifs (C(OH)–C–C–N with tert-alkyl or cyclic N) is 1. The Morgan fingerprint density at radius 1 is 1.03 bits per heavy atom. The van der Waals surface area contributed by atoms with Crippen molar-refractivity contribution in [2.24, 2.45) is 11.8 Å². The largest absolute Gasteiger partial charge is 0.494 e. The van der Waals surface area contributed by atoms with E-state index in [2.05, 4.69) is 20.9 Å². The molecule has 0 radical (unpaired) electrons. The molecule has 0 spiro atoms. The molecule has 2 heterocycles. The van der Waals surface area contributed by atoms with Gasteiger partial charge in [-0.2, -0.15) is 11.8 Å². The molecule has 3 atom stereocenters. The lowest BCUT2D eigenvalue weighted by Gasteiger charge is -2.38. The number of carbonyl (C=O) groups is 4. The van der Waals surface area contributed by atoms with Crippen molar-refractivity contribution in [1.82, 2.24) is 20.5 Å². The highest BCUT2D eigenvalue weighted by molar-refractivity contribution is 8.00. The molecule has 1 saturated heterocycles. The van der Waals surface area contributed by atoms with Crippen LogP contribution < -0.4 is 25.4 Å². The second kappa shape index (κ2) is 19.3. The first-order chi connectivity index (χ1) is 28.8. The molecule has 0 bridgehead atoms. The maximum absolute atomic E-state index is 15.1. The van der Waals surface area contributed by atoms with Gasteiger partial charge in [0.05, 0.1) is 41.6 Å². The summed E-state index contributed by atoms with van der Waals surface area (Å²) in [6, 6.07) is 11.0. The Kier molecular flexibility index (Phi) is 14.6. The van der Waals surface area contributed by atoms with E-state index in [1.165, 1.54) is 12.0 Å². The fourth-order valence-corrected chi connectivity index (χ4v) is 9.87. The third kappa shape index (κ3) is 12.2. The van der Waals surface area contributed by atoms with E-state index in [1.54, 1.807) is 67.6 Å². The second-order valence-electron chi connectivity index (χ2n) is 18.1. The van der Waals surface area contributed by atoms with Gasteiger partial charge in [-0.05, 0) is 121 Å². The zero-order valence-electron chi connectivity index (χ0n) is 36.2. The van der Waals surface area contributed by atoms with Gasteiger partial charge in [0.2, 0.25) is 11.8 Å². The number of likely N-dealkylation sites (tertiary alicyclic amines) is 1. The van der Waals surface area contributed by atoms with E-state index in [9.17, 15) is 24.3 Å². The Morgan fingerprint density at radius 3 is 2.34 bits per heavy atom. The van der Waals surface area contributed by atoms with Crippen LogP contribution in [0.4, 0.5) is 14.9 Å². The van der Waals surface area contributed by atoms with Crippen molar-refractivity contribution in [3.8, 4) is 21.9 Å². The molecule has 3 aromatic rings. The molecule has 332 valence electrons. The topological polar surface area (TPSA) is 168 Å². The fourth-order valence-electron chi connectivity index (χ4n) is 7.73. The summed E-state index contributed by atoms with van der Waals surface area (Å²) in [6.45, 7) is 11.8. The smallest absolute Gasteiger partial charge is 0.412 e. The van der Waals surface area contributed by atoms with E-state index >= 15 is 4.39 Å². The number of aliphatic hydroxyl groups excluding tert-OH is 1. The van der Waals surface area contributed by atoms with Crippen molar-refractivity contribution in [1.29, 1.82) is 0 Å². The molecule has 1 aliphatic heterocycles. The lowest BCUT2D eigenvalue weighted by molar-refractivity contribution is -0.143. The number of rotatable bonds is 16. The predicted octanol–water partition coefficient (Wildman–Crippen LogP) is 7.44. The predicted molar refractivity (Wildman–Crippen MR) is 236 cm³/mol. The number of carbonyl (C=O) groups excluding carboxylic acids is 4. The number of halogens is 1.